The van der Waals surface area contributed by atoms with Crippen molar-refractivity contribution >= 4 is 12.6 Å². The predicted molar refractivity (Wildman–Crippen MR) is 81.4 cm³/mol. The van der Waals surface area contributed by atoms with E-state index in [9.17, 15) is 0 Å². The highest BCUT2D eigenvalue weighted by Crippen LogP contribution is 2.27. The average Bonchev–Trinajstić information content (AvgIpc) is 2.72. The van der Waals surface area contributed by atoms with Crippen LogP contribution in [-0.2, 0) is 17.0 Å². The molecule has 19 heavy (non-hydrogen) atoms. The standard InChI is InChI=1S/C14H27N3OS/c1-11(2)9-18-12(3)6-14(4,5)7-13-8-17(10-19)16-15-13/h8,11-12,19H,6-7,9-10H2,1-5H3. The van der Waals surface area contributed by atoms with Gasteiger partial charge in [-0.1, -0.05) is 32.9 Å². The number of rotatable bonds is 8. The van der Waals surface area contributed by atoms with E-state index in [0.717, 1.165) is 25.1 Å². The first-order valence-electron chi connectivity index (χ1n) is 6.94. The Bertz CT molecular complexity index is 377. The maximum Gasteiger partial charge on any atom is 0.0852 e. The second kappa shape index (κ2) is 7.29. The lowest BCUT2D eigenvalue weighted by atomic mass is 9.82. The Morgan fingerprint density at radius 1 is 1.37 bits per heavy atom. The molecule has 0 saturated carbocycles. The molecule has 0 N–H and O–H groups in total. The Balaban J connectivity index is 2.46. The van der Waals surface area contributed by atoms with Crippen molar-refractivity contribution in [1.29, 1.82) is 0 Å². The van der Waals surface area contributed by atoms with E-state index in [1.807, 2.05) is 6.20 Å². The Morgan fingerprint density at radius 2 is 2.05 bits per heavy atom. The monoisotopic (exact) mass is 285 g/mol. The quantitative estimate of drug-likeness (QED) is 0.746. The molecule has 1 heterocycles. The summed E-state index contributed by atoms with van der Waals surface area (Å²) < 4.78 is 7.59. The molecule has 1 atom stereocenters. The maximum absolute atomic E-state index is 5.85. The van der Waals surface area contributed by atoms with Crippen LogP contribution in [0.4, 0.5) is 0 Å². The molecule has 0 amide bonds. The van der Waals surface area contributed by atoms with Gasteiger partial charge in [-0.3, -0.25) is 0 Å². The van der Waals surface area contributed by atoms with E-state index in [2.05, 4.69) is 57.6 Å². The van der Waals surface area contributed by atoms with Crippen molar-refractivity contribution in [3.8, 4) is 0 Å². The van der Waals surface area contributed by atoms with Gasteiger partial charge in [-0.15, -0.1) is 5.10 Å². The average molecular weight is 285 g/mol. The first kappa shape index (κ1) is 16.5. The van der Waals surface area contributed by atoms with Gasteiger partial charge in [0.1, 0.15) is 0 Å². The molecule has 0 aliphatic rings. The van der Waals surface area contributed by atoms with Gasteiger partial charge in [-0.05, 0) is 31.1 Å². The first-order chi connectivity index (χ1) is 8.82. The van der Waals surface area contributed by atoms with Gasteiger partial charge in [-0.2, -0.15) is 12.6 Å². The third-order valence-electron chi connectivity index (χ3n) is 2.94. The summed E-state index contributed by atoms with van der Waals surface area (Å²) in [4.78, 5) is 0. The molecular weight excluding hydrogens is 258 g/mol. The summed E-state index contributed by atoms with van der Waals surface area (Å²) in [6, 6.07) is 0. The summed E-state index contributed by atoms with van der Waals surface area (Å²) in [6.45, 7) is 11.8. The van der Waals surface area contributed by atoms with Gasteiger partial charge < -0.3 is 4.74 Å². The molecule has 110 valence electrons. The molecule has 0 saturated heterocycles. The van der Waals surface area contributed by atoms with Gasteiger partial charge in [0.2, 0.25) is 0 Å². The van der Waals surface area contributed by atoms with Crippen molar-refractivity contribution in [3.05, 3.63) is 11.9 Å². The fraction of sp³-hybridized carbons (Fsp3) is 0.857. The lowest BCUT2D eigenvalue weighted by molar-refractivity contribution is 0.0199. The van der Waals surface area contributed by atoms with Crippen molar-refractivity contribution < 1.29 is 4.74 Å². The first-order valence-corrected chi connectivity index (χ1v) is 7.57. The molecule has 5 heteroatoms. The second-order valence-corrected chi connectivity index (χ2v) is 6.76. The highest BCUT2D eigenvalue weighted by Gasteiger charge is 2.23. The van der Waals surface area contributed by atoms with Crippen molar-refractivity contribution in [3.63, 3.8) is 0 Å². The van der Waals surface area contributed by atoms with Gasteiger partial charge in [0.15, 0.2) is 0 Å². The van der Waals surface area contributed by atoms with E-state index < -0.39 is 0 Å². The highest BCUT2D eigenvalue weighted by atomic mass is 32.1. The van der Waals surface area contributed by atoms with Gasteiger partial charge >= 0.3 is 0 Å². The molecule has 1 rings (SSSR count). The van der Waals surface area contributed by atoms with E-state index in [4.69, 9.17) is 4.74 Å². The third kappa shape index (κ3) is 6.43. The second-order valence-electron chi connectivity index (χ2n) is 6.47. The summed E-state index contributed by atoms with van der Waals surface area (Å²) >= 11 is 4.18. The van der Waals surface area contributed by atoms with Crippen LogP contribution in [0.1, 0.15) is 46.7 Å². The van der Waals surface area contributed by atoms with Crippen molar-refractivity contribution in [2.24, 2.45) is 11.3 Å². The molecule has 1 aromatic heterocycles. The molecule has 1 aromatic rings. The van der Waals surface area contributed by atoms with E-state index in [1.165, 1.54) is 0 Å². The molecule has 0 aromatic carbocycles. The number of aromatic nitrogens is 3. The van der Waals surface area contributed by atoms with E-state index in [-0.39, 0.29) is 11.5 Å². The van der Waals surface area contributed by atoms with Crippen LogP contribution >= 0.6 is 12.6 Å². The summed E-state index contributed by atoms with van der Waals surface area (Å²) in [5.74, 6) is 1.15. The maximum atomic E-state index is 5.85. The molecule has 0 aliphatic heterocycles. The minimum absolute atomic E-state index is 0.161. The summed E-state index contributed by atoms with van der Waals surface area (Å²) in [7, 11) is 0. The minimum atomic E-state index is 0.161. The largest absolute Gasteiger partial charge is 0.378 e. The van der Waals surface area contributed by atoms with Crippen LogP contribution in [0.5, 0.6) is 0 Å². The molecule has 0 bridgehead atoms. The zero-order valence-electron chi connectivity index (χ0n) is 12.8. The number of ether oxygens (including phenoxy) is 1. The smallest absolute Gasteiger partial charge is 0.0852 e. The Labute approximate surface area is 122 Å². The van der Waals surface area contributed by atoms with Gasteiger partial charge in [0.25, 0.3) is 0 Å². The Morgan fingerprint density at radius 3 is 2.58 bits per heavy atom. The van der Waals surface area contributed by atoms with Crippen molar-refractivity contribution in [2.45, 2.75) is 59.4 Å². The lowest BCUT2D eigenvalue weighted by Crippen LogP contribution is -2.24. The van der Waals surface area contributed by atoms with Gasteiger partial charge in [-0.25, -0.2) is 4.68 Å². The van der Waals surface area contributed by atoms with Crippen LogP contribution in [0.3, 0.4) is 0 Å². The lowest BCUT2D eigenvalue weighted by Gasteiger charge is -2.27. The van der Waals surface area contributed by atoms with E-state index >= 15 is 0 Å². The topological polar surface area (TPSA) is 39.9 Å². The van der Waals surface area contributed by atoms with Crippen LogP contribution in [0.15, 0.2) is 6.20 Å². The van der Waals surface area contributed by atoms with Crippen LogP contribution < -0.4 is 0 Å². The molecule has 0 fully saturated rings. The zero-order chi connectivity index (χ0) is 14.5. The number of thiol groups is 1. The SMILES string of the molecule is CC(C)COC(C)CC(C)(C)Cc1cn(CS)nn1. The van der Waals surface area contributed by atoms with Crippen molar-refractivity contribution in [2.75, 3.05) is 6.61 Å². The predicted octanol–water partition coefficient (Wildman–Crippen LogP) is 3.19. The molecule has 0 radical (unpaired) electrons. The van der Waals surface area contributed by atoms with E-state index in [0.29, 0.717) is 11.8 Å². The van der Waals surface area contributed by atoms with Crippen LogP contribution in [0, 0.1) is 11.3 Å². The van der Waals surface area contributed by atoms with Crippen LogP contribution in [0.25, 0.3) is 0 Å². The minimum Gasteiger partial charge on any atom is -0.378 e. The zero-order valence-corrected chi connectivity index (χ0v) is 13.7. The van der Waals surface area contributed by atoms with Gasteiger partial charge in [0.05, 0.1) is 17.7 Å². The normalized spacial score (nSPS) is 14.1. The highest BCUT2D eigenvalue weighted by molar-refractivity contribution is 7.79. The van der Waals surface area contributed by atoms with Crippen LogP contribution in [0.2, 0.25) is 0 Å². The summed E-state index contributed by atoms with van der Waals surface area (Å²) in [5.41, 5.74) is 1.18. The fourth-order valence-corrected chi connectivity index (χ4v) is 2.38. The van der Waals surface area contributed by atoms with Crippen molar-refractivity contribution in [1.82, 2.24) is 15.0 Å². The molecular formula is C14H27N3OS. The summed E-state index contributed by atoms with van der Waals surface area (Å²) in [5, 5.41) is 8.19. The molecule has 0 spiro atoms. The number of hydrogen-bond donors (Lipinski definition) is 1. The van der Waals surface area contributed by atoms with E-state index in [1.54, 1.807) is 4.68 Å². The van der Waals surface area contributed by atoms with Crippen LogP contribution in [-0.4, -0.2) is 27.7 Å². The fourth-order valence-electron chi connectivity index (χ4n) is 2.24. The Kier molecular flexibility index (Phi) is 6.33. The summed E-state index contributed by atoms with van der Waals surface area (Å²) in [6.07, 6.45) is 4.18. The Hall–Kier alpha value is -0.550. The number of hydrogen-bond acceptors (Lipinski definition) is 4. The van der Waals surface area contributed by atoms with Gasteiger partial charge in [0, 0.05) is 12.8 Å². The molecule has 1 unspecified atom stereocenters. The number of nitrogens with zero attached hydrogens (tertiary/aromatic N) is 3. The third-order valence-corrected chi connectivity index (χ3v) is 3.23. The molecule has 4 nitrogen and oxygen atoms in total. The molecule has 0 aliphatic carbocycles.